The van der Waals surface area contributed by atoms with Gasteiger partial charge >= 0.3 is 11.8 Å². The monoisotopic (exact) mass is 582 g/mol. The molecule has 0 aliphatic carbocycles. The van der Waals surface area contributed by atoms with Gasteiger partial charge in [-0.1, -0.05) is 0 Å². The van der Waals surface area contributed by atoms with Gasteiger partial charge in [0.2, 0.25) is 17.7 Å². The summed E-state index contributed by atoms with van der Waals surface area (Å²) in [5, 5.41) is 40.2. The summed E-state index contributed by atoms with van der Waals surface area (Å²) >= 11 is 3.98. The zero-order chi connectivity index (χ0) is 30.3. The first-order valence-electron chi connectivity index (χ1n) is 12.6. The number of carbonyl (C=O) groups is 4. The molecular weight excluding hydrogens is 544 g/mol. The van der Waals surface area contributed by atoms with E-state index in [9.17, 15) is 29.6 Å². The maximum atomic E-state index is 12.8. The fraction of sp³-hybridized carbons (Fsp3) is 0.560. The van der Waals surface area contributed by atoms with Crippen LogP contribution in [0.25, 0.3) is 0 Å². The second-order valence-corrected chi connectivity index (χ2v) is 10.6. The van der Waals surface area contributed by atoms with Gasteiger partial charge in [0.1, 0.15) is 30.5 Å². The molecule has 222 valence electrons. The highest BCUT2D eigenvalue weighted by Gasteiger charge is 2.58. The molecule has 0 fully saturated rings. The van der Waals surface area contributed by atoms with Crippen molar-refractivity contribution >= 4 is 42.2 Å². The molecule has 2 rings (SSSR count). The first-order chi connectivity index (χ1) is 18.6. The summed E-state index contributed by atoms with van der Waals surface area (Å²) in [7, 11) is 0. The molecule has 1 aromatic carbocycles. The second-order valence-electron chi connectivity index (χ2n) is 10.3. The number of carbonyl (C=O) groups excluding carboxylic acids is 3. The number of nitrogens with one attached hydrogen (secondary N) is 3. The summed E-state index contributed by atoms with van der Waals surface area (Å²) in [6.07, 6.45) is -0.0320. The van der Waals surface area contributed by atoms with Crippen molar-refractivity contribution in [2.45, 2.75) is 63.7 Å². The zero-order valence-corrected chi connectivity index (χ0v) is 23.9. The molecule has 0 spiro atoms. The van der Waals surface area contributed by atoms with E-state index in [4.69, 9.17) is 15.6 Å². The summed E-state index contributed by atoms with van der Waals surface area (Å²) in [4.78, 5) is 46.8. The summed E-state index contributed by atoms with van der Waals surface area (Å²) < 4.78 is 6.42. The van der Waals surface area contributed by atoms with E-state index in [1.807, 2.05) is 0 Å². The molecule has 15 heteroatoms. The Balaban J connectivity index is 1.75. The van der Waals surface area contributed by atoms with Crippen molar-refractivity contribution in [3.8, 4) is 5.75 Å². The fourth-order valence-electron chi connectivity index (χ4n) is 3.69. The van der Waals surface area contributed by atoms with Crippen molar-refractivity contribution in [1.29, 1.82) is 0 Å². The fourth-order valence-corrected chi connectivity index (χ4v) is 3.94. The Morgan fingerprint density at radius 2 is 1.75 bits per heavy atom. The number of ether oxygens (including phenoxy) is 1. The predicted octanol–water partition coefficient (Wildman–Crippen LogP) is -0.577. The van der Waals surface area contributed by atoms with Gasteiger partial charge < -0.3 is 36.7 Å². The molecule has 1 aliphatic heterocycles. The lowest BCUT2D eigenvalue weighted by Gasteiger charge is -2.33. The number of thiol groups is 1. The number of rotatable bonds is 14. The topological polar surface area (TPSA) is 209 Å². The first-order valence-corrected chi connectivity index (χ1v) is 13.3. The van der Waals surface area contributed by atoms with Crippen LogP contribution in [0.1, 0.15) is 46.1 Å². The van der Waals surface area contributed by atoms with E-state index in [0.717, 1.165) is 9.80 Å². The Bertz CT molecular complexity index is 1120. The minimum absolute atomic E-state index is 0.0150. The number of nitrogens with two attached hydrogens (primary N) is 1. The predicted molar refractivity (Wildman–Crippen MR) is 148 cm³/mol. The number of carboxylic acid groups (broad SMARTS) is 1. The molecule has 1 heterocycles. The third-order valence-electron chi connectivity index (χ3n) is 6.98. The van der Waals surface area contributed by atoms with E-state index in [0.29, 0.717) is 11.3 Å². The summed E-state index contributed by atoms with van der Waals surface area (Å²) in [5.41, 5.74) is 4.68. The molecule has 3 amide bonds. The average Bonchev–Trinajstić information content (AvgIpc) is 3.02. The summed E-state index contributed by atoms with van der Waals surface area (Å²) in [5.74, 6) is -2.39. The minimum Gasteiger partial charge on any atom is -0.714 e. The third-order valence-corrected chi connectivity index (χ3v) is 7.35. The Labute approximate surface area is 237 Å². The van der Waals surface area contributed by atoms with E-state index in [-0.39, 0.29) is 43.5 Å². The lowest BCUT2D eigenvalue weighted by atomic mass is 9.84. The standard InChI is InChI=1S/C25H38N6O8S/c1-24(2)25(3,4)31(38)23(30(24)37)15-5-7-16(8-6-15)39-12-11-27-19(32)10-9-17(26)21(35)29-18(14-40)22(36)28-13-20(33)34/h5-8,17-18,37,40H,9-14,26H2,1-4H3,(H,27,32)(H,28,36)(H,29,35)(H,33,34)/t17-,18+/m0/s1. The first kappa shape index (κ1) is 32.7. The number of hydrogen-bond acceptors (Lipinski definition) is 10. The largest absolute Gasteiger partial charge is 0.714 e. The van der Waals surface area contributed by atoms with Crippen LogP contribution >= 0.6 is 12.6 Å². The molecular formula is C25H38N6O8S. The highest BCUT2D eigenvalue weighted by Crippen LogP contribution is 2.37. The molecule has 40 heavy (non-hydrogen) atoms. The molecule has 0 radical (unpaired) electrons. The van der Waals surface area contributed by atoms with Crippen LogP contribution < -0.4 is 26.4 Å². The van der Waals surface area contributed by atoms with Gasteiger partial charge in [0.25, 0.3) is 0 Å². The van der Waals surface area contributed by atoms with Crippen LogP contribution in [0, 0.1) is 5.21 Å². The van der Waals surface area contributed by atoms with Gasteiger partial charge in [-0.05, 0) is 58.4 Å². The Kier molecular flexibility index (Phi) is 11.2. The van der Waals surface area contributed by atoms with Crippen LogP contribution in [0.5, 0.6) is 5.75 Å². The van der Waals surface area contributed by atoms with Crippen LogP contribution in [0.2, 0.25) is 0 Å². The summed E-state index contributed by atoms with van der Waals surface area (Å²) in [6.45, 7) is 6.83. The quantitative estimate of drug-likeness (QED) is 0.0642. The van der Waals surface area contributed by atoms with Gasteiger partial charge in [0.05, 0.1) is 18.2 Å². The smallest absolute Gasteiger partial charge is 0.322 e. The van der Waals surface area contributed by atoms with Crippen LogP contribution in [-0.4, -0.2) is 98.3 Å². The number of hydroxylamine groups is 3. The molecule has 0 unspecified atom stereocenters. The van der Waals surface area contributed by atoms with Crippen molar-refractivity contribution in [3.63, 3.8) is 0 Å². The number of amidine groups is 1. The van der Waals surface area contributed by atoms with Gasteiger partial charge in [0, 0.05) is 12.2 Å². The van der Waals surface area contributed by atoms with Crippen molar-refractivity contribution in [3.05, 3.63) is 35.0 Å². The maximum absolute atomic E-state index is 12.8. The van der Waals surface area contributed by atoms with Crippen LogP contribution in [0.3, 0.4) is 0 Å². The van der Waals surface area contributed by atoms with Crippen molar-refractivity contribution < 1.29 is 39.0 Å². The molecule has 0 saturated heterocycles. The van der Waals surface area contributed by atoms with Crippen LogP contribution in [0.4, 0.5) is 0 Å². The number of amides is 3. The highest BCUT2D eigenvalue weighted by atomic mass is 32.1. The van der Waals surface area contributed by atoms with E-state index in [1.165, 1.54) is 0 Å². The summed E-state index contributed by atoms with van der Waals surface area (Å²) in [6, 6.07) is 4.50. The zero-order valence-electron chi connectivity index (χ0n) is 23.0. The van der Waals surface area contributed by atoms with Gasteiger partial charge in [-0.2, -0.15) is 12.6 Å². The van der Waals surface area contributed by atoms with E-state index in [1.54, 1.807) is 52.0 Å². The third kappa shape index (κ3) is 7.76. The molecule has 14 nitrogen and oxygen atoms in total. The Hall–Kier alpha value is -3.56. The average molecular weight is 583 g/mol. The normalized spacial score (nSPS) is 17.1. The molecule has 0 saturated carbocycles. The van der Waals surface area contributed by atoms with E-state index < -0.39 is 47.5 Å². The number of carboxylic acids is 1. The number of aliphatic carboxylic acids is 1. The number of hydrogen-bond donors (Lipinski definition) is 7. The van der Waals surface area contributed by atoms with Gasteiger partial charge in [0.15, 0.2) is 5.54 Å². The minimum atomic E-state index is -1.23. The SMILES string of the molecule is CC1(C)N(O)C(c2ccc(OCCNC(=O)CC[C@H](N)C(=O)N[C@H](CS)C(=O)NCC(=O)O)cc2)=[N+]([O-])C1(C)C. The highest BCUT2D eigenvalue weighted by molar-refractivity contribution is 7.80. The molecule has 1 aromatic rings. The lowest BCUT2D eigenvalue weighted by molar-refractivity contribution is -0.539. The second kappa shape index (κ2) is 13.7. The van der Waals surface area contributed by atoms with Gasteiger partial charge in [-0.25, -0.2) is 5.21 Å². The maximum Gasteiger partial charge on any atom is 0.322 e. The van der Waals surface area contributed by atoms with Crippen LogP contribution in [-0.2, 0) is 19.2 Å². The Morgan fingerprint density at radius 3 is 2.27 bits per heavy atom. The molecule has 7 N–H and O–H groups in total. The lowest BCUT2D eigenvalue weighted by Crippen LogP contribution is -2.53. The van der Waals surface area contributed by atoms with Crippen molar-refractivity contribution in [2.75, 3.05) is 25.4 Å². The van der Waals surface area contributed by atoms with Crippen LogP contribution in [0.15, 0.2) is 24.3 Å². The Morgan fingerprint density at radius 1 is 1.12 bits per heavy atom. The molecule has 0 aromatic heterocycles. The number of benzene rings is 1. The van der Waals surface area contributed by atoms with E-state index >= 15 is 0 Å². The van der Waals surface area contributed by atoms with Crippen molar-refractivity contribution in [1.82, 2.24) is 21.0 Å². The molecule has 2 atom stereocenters. The van der Waals surface area contributed by atoms with Gasteiger partial charge in [-0.3, -0.25) is 23.9 Å². The van der Waals surface area contributed by atoms with E-state index in [2.05, 4.69) is 28.6 Å². The van der Waals surface area contributed by atoms with Gasteiger partial charge in [-0.15, -0.1) is 5.06 Å². The molecule has 1 aliphatic rings. The number of nitrogens with zero attached hydrogens (tertiary/aromatic N) is 2. The molecule has 0 bridgehead atoms. The van der Waals surface area contributed by atoms with Crippen molar-refractivity contribution in [2.24, 2.45) is 5.73 Å².